The fourth-order valence-corrected chi connectivity index (χ4v) is 9.00. The molecule has 6 aromatic carbocycles. The van der Waals surface area contributed by atoms with Crippen LogP contribution in [0.15, 0.2) is 143 Å². The maximum atomic E-state index is 12.8. The standard InChI is InChI=1S/C24H24N2O4S.C23H22N2O4S.Li.H2O/c1-4-16-26(18(2)17-24(27)30-3)23-15-14-22(20-12-8-9-13-21(20)23)25-31(28,29)19-10-6-5-7-11-19;1-3-15-25(17(2)16-23(26)27)22-14-13-21(19-11-7-8-12-20(19)22)24-30(28,29)18-9-5-4-6-10-18;;/h1,5-15,18,25H,16-17H2,2-3H3;1,4-14,17,24H,15-16H2,2H3,(H,26,27);;1H2/q;;+1;/p-1/t18-;17-;;/m00../s1. The second-order valence-electron chi connectivity index (χ2n) is 13.9. The van der Waals surface area contributed by atoms with Crippen molar-refractivity contribution in [3.8, 4) is 24.7 Å². The molecule has 13 nitrogen and oxygen atoms in total. The number of ether oxygens (including phenoxy) is 1. The largest absolute Gasteiger partial charge is 1.00 e. The van der Waals surface area contributed by atoms with Crippen molar-refractivity contribution in [1.82, 2.24) is 0 Å². The van der Waals surface area contributed by atoms with Gasteiger partial charge in [0, 0.05) is 45.0 Å². The zero-order valence-electron chi connectivity index (χ0n) is 35.3. The van der Waals surface area contributed by atoms with Crippen LogP contribution in [0.1, 0.15) is 26.7 Å². The van der Waals surface area contributed by atoms with E-state index in [1.165, 1.54) is 19.2 Å². The molecule has 0 saturated heterocycles. The zero-order chi connectivity index (χ0) is 44.2. The van der Waals surface area contributed by atoms with Crippen molar-refractivity contribution in [3.05, 3.63) is 133 Å². The normalized spacial score (nSPS) is 11.7. The predicted octanol–water partition coefficient (Wildman–Crippen LogP) is 4.80. The smallest absolute Gasteiger partial charge is 0.870 e. The van der Waals surface area contributed by atoms with Crippen molar-refractivity contribution < 1.29 is 60.6 Å². The van der Waals surface area contributed by atoms with Gasteiger partial charge in [0.15, 0.2) is 0 Å². The minimum atomic E-state index is -3.75. The number of esters is 1. The molecule has 0 aliphatic carbocycles. The van der Waals surface area contributed by atoms with E-state index in [4.69, 9.17) is 17.6 Å². The molecule has 322 valence electrons. The summed E-state index contributed by atoms with van der Waals surface area (Å²) in [5.41, 5.74) is 2.46. The minimum absolute atomic E-state index is 0. The van der Waals surface area contributed by atoms with Gasteiger partial charge in [0.1, 0.15) is 0 Å². The van der Waals surface area contributed by atoms with E-state index >= 15 is 0 Å². The number of benzene rings is 6. The first-order valence-electron chi connectivity index (χ1n) is 19.1. The Hall–Kier alpha value is -6.44. The van der Waals surface area contributed by atoms with Gasteiger partial charge in [-0.15, -0.1) is 12.8 Å². The number of carbonyl (C=O) groups is 2. The summed E-state index contributed by atoms with van der Waals surface area (Å²) >= 11 is 0. The molecule has 6 rings (SSSR count). The van der Waals surface area contributed by atoms with Gasteiger partial charge in [0.2, 0.25) is 0 Å². The Morgan fingerprint density at radius 3 is 1.30 bits per heavy atom. The number of aliphatic carboxylic acids is 1. The fraction of sp³-hybridized carbons (Fsp3) is 0.191. The number of carboxylic acid groups (broad SMARTS) is 1. The van der Waals surface area contributed by atoms with Crippen LogP contribution in [0.4, 0.5) is 22.7 Å². The number of rotatable bonds is 16. The van der Waals surface area contributed by atoms with Gasteiger partial charge in [-0.3, -0.25) is 19.0 Å². The molecule has 0 amide bonds. The number of carbonyl (C=O) groups excluding carboxylic acids is 1. The summed E-state index contributed by atoms with van der Waals surface area (Å²) in [7, 11) is -6.14. The molecule has 0 aliphatic rings. The van der Waals surface area contributed by atoms with Gasteiger partial charge >= 0.3 is 30.8 Å². The Morgan fingerprint density at radius 2 is 0.952 bits per heavy atom. The third-order valence-corrected chi connectivity index (χ3v) is 12.5. The van der Waals surface area contributed by atoms with Crippen LogP contribution < -0.4 is 38.1 Å². The maximum absolute atomic E-state index is 12.8. The van der Waals surface area contributed by atoms with E-state index in [0.29, 0.717) is 16.8 Å². The molecule has 0 radical (unpaired) electrons. The van der Waals surface area contributed by atoms with Crippen molar-refractivity contribution >= 4 is 76.3 Å². The Labute approximate surface area is 381 Å². The SMILES string of the molecule is C#CCN(c1ccc(NS(=O)(=O)c2ccccc2)c2ccccc12)[C@@H](C)CC(=O)O.C#CCN(c1ccc(NS(=O)(=O)c2ccccc2)c2ccccc12)[C@@H](C)CC(=O)OC.[Li+].[OH-]. The average Bonchev–Trinajstić information content (AvgIpc) is 3.25. The van der Waals surface area contributed by atoms with Gasteiger partial charge < -0.3 is 25.1 Å². The van der Waals surface area contributed by atoms with Crippen LogP contribution in [0.5, 0.6) is 0 Å². The molecule has 0 saturated carbocycles. The van der Waals surface area contributed by atoms with Gasteiger partial charge in [0.25, 0.3) is 20.0 Å². The first-order chi connectivity index (χ1) is 29.2. The third-order valence-electron chi connectivity index (χ3n) is 9.76. The number of carboxylic acids is 1. The van der Waals surface area contributed by atoms with Crippen molar-refractivity contribution in [2.45, 2.75) is 48.6 Å². The fourth-order valence-electron chi connectivity index (χ4n) is 6.80. The number of terminal acetylenes is 2. The predicted molar refractivity (Wildman–Crippen MR) is 245 cm³/mol. The van der Waals surface area contributed by atoms with Crippen LogP contribution >= 0.6 is 0 Å². The maximum Gasteiger partial charge on any atom is 1.00 e. The quantitative estimate of drug-likeness (QED) is 0.0688. The molecule has 0 bridgehead atoms. The number of anilines is 4. The van der Waals surface area contributed by atoms with Gasteiger partial charge in [-0.25, -0.2) is 16.8 Å². The van der Waals surface area contributed by atoms with Gasteiger partial charge in [-0.1, -0.05) is 96.8 Å². The number of sulfonamides is 2. The van der Waals surface area contributed by atoms with Crippen LogP contribution in [-0.2, 0) is 34.4 Å². The monoisotopic (exact) mass is 882 g/mol. The van der Waals surface area contributed by atoms with E-state index in [0.717, 1.165) is 27.5 Å². The topological polar surface area (TPSA) is 192 Å². The molecule has 16 heteroatoms. The molecule has 0 aliphatic heterocycles. The van der Waals surface area contributed by atoms with Crippen LogP contribution in [0, 0.1) is 24.7 Å². The van der Waals surface area contributed by atoms with Crippen molar-refractivity contribution in [3.63, 3.8) is 0 Å². The summed E-state index contributed by atoms with van der Waals surface area (Å²) in [6.45, 7) is 4.21. The summed E-state index contributed by atoms with van der Waals surface area (Å²) in [5, 5.41) is 12.2. The van der Waals surface area contributed by atoms with Gasteiger partial charge in [-0.05, 0) is 62.4 Å². The molecular formula is C47H47LiN4O9S2. The Morgan fingerprint density at radius 1 is 0.603 bits per heavy atom. The number of hydrogen-bond acceptors (Lipinski definition) is 10. The molecule has 0 fully saturated rings. The van der Waals surface area contributed by atoms with Crippen molar-refractivity contribution in [2.24, 2.45) is 0 Å². The summed E-state index contributed by atoms with van der Waals surface area (Å²) in [4.78, 5) is 27.1. The van der Waals surface area contributed by atoms with Gasteiger partial charge in [0.05, 0.1) is 54.2 Å². The molecule has 0 aromatic heterocycles. The summed E-state index contributed by atoms with van der Waals surface area (Å²) in [6.07, 6.45) is 11.2. The van der Waals surface area contributed by atoms with Crippen molar-refractivity contribution in [1.29, 1.82) is 0 Å². The number of nitrogens with one attached hydrogen (secondary N) is 2. The molecule has 63 heavy (non-hydrogen) atoms. The van der Waals surface area contributed by atoms with Crippen LogP contribution in [0.3, 0.4) is 0 Å². The molecule has 0 heterocycles. The second-order valence-corrected chi connectivity index (χ2v) is 17.3. The van der Waals surface area contributed by atoms with E-state index in [-0.39, 0.29) is 78.1 Å². The minimum Gasteiger partial charge on any atom is -0.870 e. The molecule has 2 atom stereocenters. The van der Waals surface area contributed by atoms with E-state index in [2.05, 4.69) is 21.3 Å². The van der Waals surface area contributed by atoms with Crippen LogP contribution in [-0.4, -0.2) is 71.6 Å². The van der Waals surface area contributed by atoms with Crippen molar-refractivity contribution in [2.75, 3.05) is 39.4 Å². The van der Waals surface area contributed by atoms with E-state index in [9.17, 15) is 31.5 Å². The Bertz CT molecular complexity index is 2820. The molecule has 0 spiro atoms. The summed E-state index contributed by atoms with van der Waals surface area (Å²) in [6, 6.07) is 37.6. The molecule has 6 aromatic rings. The molecule has 4 N–H and O–H groups in total. The Kier molecular flexibility index (Phi) is 18.7. The average molecular weight is 883 g/mol. The molecule has 0 unspecified atom stereocenters. The first-order valence-corrected chi connectivity index (χ1v) is 22.0. The summed E-state index contributed by atoms with van der Waals surface area (Å²) in [5.74, 6) is 3.98. The number of fused-ring (bicyclic) bond motifs is 2. The number of methoxy groups -OCH3 is 1. The van der Waals surface area contributed by atoms with E-state index in [1.54, 1.807) is 73.7 Å². The van der Waals surface area contributed by atoms with Gasteiger partial charge in [-0.2, -0.15) is 0 Å². The first kappa shape index (κ1) is 50.9. The number of nitrogens with zero attached hydrogens (tertiary/aromatic N) is 2. The zero-order valence-corrected chi connectivity index (χ0v) is 36.9. The summed E-state index contributed by atoms with van der Waals surface area (Å²) < 4.78 is 61.4. The molecular weight excluding hydrogens is 836 g/mol. The van der Waals surface area contributed by atoms with E-state index in [1.807, 2.05) is 71.3 Å². The van der Waals surface area contributed by atoms with E-state index < -0.39 is 26.0 Å². The van der Waals surface area contributed by atoms with Crippen LogP contribution in [0.2, 0.25) is 0 Å². The second kappa shape index (κ2) is 23.1. The third kappa shape index (κ3) is 12.8. The number of hydrogen-bond donors (Lipinski definition) is 3. The Balaban J connectivity index is 0.000000325. The van der Waals surface area contributed by atoms with Crippen LogP contribution in [0.25, 0.3) is 21.5 Å².